The topological polar surface area (TPSA) is 121 Å². The molecule has 0 fully saturated rings. The van der Waals surface area contributed by atoms with Crippen molar-refractivity contribution in [1.29, 1.82) is 0 Å². The van der Waals surface area contributed by atoms with Crippen LogP contribution in [0.5, 0.6) is 5.75 Å². The van der Waals surface area contributed by atoms with Crippen LogP contribution in [0.4, 0.5) is 0 Å². The maximum absolute atomic E-state index is 11.5. The van der Waals surface area contributed by atoms with Crippen LogP contribution in [-0.2, 0) is 14.7 Å². The molecule has 0 aliphatic heterocycles. The van der Waals surface area contributed by atoms with Gasteiger partial charge in [0, 0.05) is 0 Å². The monoisotopic (exact) mass is 400 g/mol. The van der Waals surface area contributed by atoms with E-state index in [0.717, 1.165) is 11.1 Å². The van der Waals surface area contributed by atoms with E-state index in [1.54, 1.807) is 36.4 Å². The Morgan fingerprint density at radius 3 is 2.12 bits per heavy atom. The fourth-order valence-corrected chi connectivity index (χ4v) is 4.90. The average Bonchev–Trinajstić information content (AvgIpc) is 2.54. The molecule has 2 unspecified atom stereocenters. The lowest BCUT2D eigenvalue weighted by atomic mass is 10.0. The summed E-state index contributed by atoms with van der Waals surface area (Å²) in [5, 5.41) is 0. The smallest absolute Gasteiger partial charge is 0.346 e. The van der Waals surface area contributed by atoms with E-state index in [2.05, 4.69) is 0 Å². The zero-order valence-electron chi connectivity index (χ0n) is 14.1. The minimum Gasteiger partial charge on any atom is -0.485 e. The second-order valence-electron chi connectivity index (χ2n) is 5.92. The lowest BCUT2D eigenvalue weighted by Crippen LogP contribution is -2.22. The molecule has 2 atom stereocenters. The molecule has 3 N–H and O–H groups in total. The van der Waals surface area contributed by atoms with Crippen molar-refractivity contribution in [2.45, 2.75) is 30.9 Å². The van der Waals surface area contributed by atoms with Crippen LogP contribution in [0.15, 0.2) is 54.6 Å². The summed E-state index contributed by atoms with van der Waals surface area (Å²) in [6, 6.07) is 16.2. The summed E-state index contributed by atoms with van der Waals surface area (Å²) in [5.41, 5.74) is 1.60. The molecule has 142 valence electrons. The van der Waals surface area contributed by atoms with Crippen molar-refractivity contribution in [3.8, 4) is 5.75 Å². The van der Waals surface area contributed by atoms with E-state index >= 15 is 0 Å². The first-order valence-electron chi connectivity index (χ1n) is 7.88. The van der Waals surface area contributed by atoms with Crippen LogP contribution in [0.25, 0.3) is 0 Å². The lowest BCUT2D eigenvalue weighted by Gasteiger charge is -2.23. The number of hydrogen-bond acceptors (Lipinski definition) is 4. The van der Waals surface area contributed by atoms with Crippen molar-refractivity contribution < 1.29 is 32.1 Å². The van der Waals surface area contributed by atoms with Crippen molar-refractivity contribution in [1.82, 2.24) is 0 Å². The standard InChI is InChI=1S/C17H21O7PS/c1-13-7-5-6-10-15(13)24-16(14-8-3-2-4-9-14)11-12-17(25(18,19)20)26(21,22)23/h2-10,16-17H,11-12H2,1H3,(H2,18,19,20)(H,21,22,23). The van der Waals surface area contributed by atoms with Crippen LogP contribution >= 0.6 is 7.60 Å². The zero-order chi connectivity index (χ0) is 19.4. The Labute approximate surface area is 152 Å². The highest BCUT2D eigenvalue weighted by molar-refractivity contribution is 7.93. The predicted molar refractivity (Wildman–Crippen MR) is 97.6 cm³/mol. The Kier molecular flexibility index (Phi) is 6.60. The lowest BCUT2D eigenvalue weighted by molar-refractivity contribution is 0.190. The highest BCUT2D eigenvalue weighted by Crippen LogP contribution is 2.47. The van der Waals surface area contributed by atoms with E-state index < -0.39 is 35.2 Å². The first kappa shape index (κ1) is 20.6. The van der Waals surface area contributed by atoms with E-state index in [4.69, 9.17) is 9.29 Å². The Morgan fingerprint density at radius 2 is 1.58 bits per heavy atom. The SMILES string of the molecule is Cc1ccccc1OC(CCC(P(=O)(O)O)S(=O)(=O)O)c1ccccc1. The van der Waals surface area contributed by atoms with E-state index in [1.165, 1.54) is 0 Å². The number of ether oxygens (including phenoxy) is 1. The van der Waals surface area contributed by atoms with Gasteiger partial charge in [-0.3, -0.25) is 9.12 Å². The Balaban J connectivity index is 2.28. The molecule has 0 saturated heterocycles. The quantitative estimate of drug-likeness (QED) is 0.459. The second-order valence-corrected chi connectivity index (χ2v) is 9.67. The summed E-state index contributed by atoms with van der Waals surface area (Å²) >= 11 is 0. The molecule has 2 aromatic carbocycles. The molecule has 0 bridgehead atoms. The maximum atomic E-state index is 11.5. The Bertz CT molecular complexity index is 877. The van der Waals surface area contributed by atoms with Gasteiger partial charge in [-0.25, -0.2) is 0 Å². The van der Waals surface area contributed by atoms with E-state index in [-0.39, 0.29) is 6.42 Å². The molecule has 2 aromatic rings. The van der Waals surface area contributed by atoms with Gasteiger partial charge >= 0.3 is 7.60 Å². The number of hydrogen-bond donors (Lipinski definition) is 3. The Hall–Kier alpha value is -1.70. The van der Waals surface area contributed by atoms with Crippen LogP contribution in [0, 0.1) is 6.92 Å². The molecule has 0 amide bonds. The Morgan fingerprint density at radius 1 is 1.00 bits per heavy atom. The van der Waals surface area contributed by atoms with Gasteiger partial charge in [-0.2, -0.15) is 8.42 Å². The summed E-state index contributed by atoms with van der Waals surface area (Å²) < 4.78 is 49.3. The molecule has 0 aliphatic rings. The fourth-order valence-electron chi connectivity index (χ4n) is 2.59. The van der Waals surface area contributed by atoms with Gasteiger partial charge in [0.2, 0.25) is 0 Å². The number of aryl methyl sites for hydroxylation is 1. The van der Waals surface area contributed by atoms with Crippen LogP contribution in [0.3, 0.4) is 0 Å². The molecule has 0 aromatic heterocycles. The normalized spacial score (nSPS) is 14.6. The molecule has 0 radical (unpaired) electrons. The average molecular weight is 400 g/mol. The van der Waals surface area contributed by atoms with Gasteiger partial charge in [-0.15, -0.1) is 0 Å². The molecule has 26 heavy (non-hydrogen) atoms. The van der Waals surface area contributed by atoms with E-state index in [9.17, 15) is 22.8 Å². The van der Waals surface area contributed by atoms with Gasteiger partial charge in [-0.1, -0.05) is 48.5 Å². The van der Waals surface area contributed by atoms with Crippen molar-refractivity contribution in [3.05, 3.63) is 65.7 Å². The highest BCUT2D eigenvalue weighted by atomic mass is 32.2. The minimum absolute atomic E-state index is 0.00604. The van der Waals surface area contributed by atoms with Crippen molar-refractivity contribution in [2.24, 2.45) is 0 Å². The molecular weight excluding hydrogens is 379 g/mol. The van der Waals surface area contributed by atoms with Crippen molar-refractivity contribution >= 4 is 17.7 Å². The van der Waals surface area contributed by atoms with Crippen LogP contribution in [-0.4, -0.2) is 27.7 Å². The van der Waals surface area contributed by atoms with Gasteiger partial charge in [0.25, 0.3) is 10.1 Å². The summed E-state index contributed by atoms with van der Waals surface area (Å²) in [5.74, 6) is 0.584. The second kappa shape index (κ2) is 8.33. The summed E-state index contributed by atoms with van der Waals surface area (Å²) in [6.07, 6.45) is -1.09. The summed E-state index contributed by atoms with van der Waals surface area (Å²) in [4.78, 5) is 16.3. The minimum atomic E-state index is -5.03. The van der Waals surface area contributed by atoms with Gasteiger partial charge < -0.3 is 14.5 Å². The molecule has 9 heteroatoms. The third-order valence-corrected chi connectivity index (χ3v) is 7.48. The molecule has 7 nitrogen and oxygen atoms in total. The maximum Gasteiger partial charge on any atom is 0.346 e. The fraction of sp³-hybridized carbons (Fsp3) is 0.294. The van der Waals surface area contributed by atoms with Crippen molar-refractivity contribution in [2.75, 3.05) is 0 Å². The van der Waals surface area contributed by atoms with E-state index in [0.29, 0.717) is 5.75 Å². The highest BCUT2D eigenvalue weighted by Gasteiger charge is 2.40. The van der Waals surface area contributed by atoms with Gasteiger partial charge in [0.15, 0.2) is 4.99 Å². The number of benzene rings is 2. The summed E-state index contributed by atoms with van der Waals surface area (Å²) in [6.45, 7) is 1.86. The molecule has 2 rings (SSSR count). The van der Waals surface area contributed by atoms with E-state index in [1.807, 2.05) is 25.1 Å². The van der Waals surface area contributed by atoms with Gasteiger partial charge in [-0.05, 0) is 37.0 Å². The molecule has 0 heterocycles. The predicted octanol–water partition coefficient (Wildman–Crippen LogP) is 3.29. The van der Waals surface area contributed by atoms with Crippen molar-refractivity contribution in [3.63, 3.8) is 0 Å². The van der Waals surface area contributed by atoms with Crippen LogP contribution in [0.2, 0.25) is 0 Å². The first-order chi connectivity index (χ1) is 12.1. The number of para-hydroxylation sites is 1. The summed E-state index contributed by atoms with van der Waals surface area (Å²) in [7, 11) is -9.93. The zero-order valence-corrected chi connectivity index (χ0v) is 15.8. The molecule has 0 aliphatic carbocycles. The molecular formula is C17H21O7PS. The third kappa shape index (κ3) is 5.65. The van der Waals surface area contributed by atoms with Gasteiger partial charge in [0.1, 0.15) is 11.9 Å². The van der Waals surface area contributed by atoms with Crippen LogP contribution < -0.4 is 4.74 Å². The largest absolute Gasteiger partial charge is 0.485 e. The van der Waals surface area contributed by atoms with Gasteiger partial charge in [0.05, 0.1) is 0 Å². The number of rotatable bonds is 8. The van der Waals surface area contributed by atoms with Crippen LogP contribution in [0.1, 0.15) is 30.1 Å². The first-order valence-corrected chi connectivity index (χ1v) is 11.1. The third-order valence-electron chi connectivity index (χ3n) is 3.93. The molecule has 0 spiro atoms. The molecule has 0 saturated carbocycles.